The first kappa shape index (κ1) is 8.52. The van der Waals surface area contributed by atoms with Gasteiger partial charge in [-0.1, -0.05) is 0 Å². The fourth-order valence-corrected chi connectivity index (χ4v) is 2.67. The van der Waals surface area contributed by atoms with Crippen LogP contribution in [0.3, 0.4) is 0 Å². The van der Waals surface area contributed by atoms with Gasteiger partial charge in [-0.2, -0.15) is 0 Å². The van der Waals surface area contributed by atoms with E-state index in [0.717, 1.165) is 10.4 Å². The molecule has 0 aromatic carbocycles. The lowest BCUT2D eigenvalue weighted by Gasteiger charge is -2.04. The second-order valence-electron chi connectivity index (χ2n) is 3.00. The maximum absolute atomic E-state index is 11.1. The van der Waals surface area contributed by atoms with Gasteiger partial charge >= 0.3 is 0 Å². The molecule has 0 radical (unpaired) electrons. The molecule has 0 bridgehead atoms. The lowest BCUT2D eigenvalue weighted by molar-refractivity contribution is 0.0789. The molecule has 1 aromatic rings. The topological polar surface area (TPSA) is 78.3 Å². The van der Waals surface area contributed by atoms with Crippen LogP contribution in [0, 0.1) is 0 Å². The van der Waals surface area contributed by atoms with E-state index in [0.29, 0.717) is 17.2 Å². The Kier molecular flexibility index (Phi) is 1.78. The molecule has 0 fully saturated rings. The minimum Gasteiger partial charge on any atom is -0.390 e. The van der Waals surface area contributed by atoms with Gasteiger partial charge in [0.1, 0.15) is 0 Å². The van der Waals surface area contributed by atoms with E-state index in [1.807, 2.05) is 6.92 Å². The van der Waals surface area contributed by atoms with E-state index in [1.165, 1.54) is 11.3 Å². The van der Waals surface area contributed by atoms with Crippen LogP contribution in [0.15, 0.2) is 0 Å². The molecule has 4 N–H and O–H groups in total. The summed E-state index contributed by atoms with van der Waals surface area (Å²) in [6, 6.07) is 0. The summed E-state index contributed by atoms with van der Waals surface area (Å²) in [6.07, 6.45) is -0.0638. The van der Waals surface area contributed by atoms with Crippen LogP contribution in [-0.4, -0.2) is 5.91 Å². The van der Waals surface area contributed by atoms with E-state index < -0.39 is 5.91 Å². The SMILES string of the molecule is CC1OCc2sc(N)c(C(N)=O)c21. The Morgan fingerprint density at radius 2 is 2.38 bits per heavy atom. The number of carbonyl (C=O) groups is 1. The van der Waals surface area contributed by atoms with Gasteiger partial charge in [-0.15, -0.1) is 11.3 Å². The Hall–Kier alpha value is -1.07. The Morgan fingerprint density at radius 3 is 3.00 bits per heavy atom. The van der Waals surface area contributed by atoms with Crippen LogP contribution in [-0.2, 0) is 11.3 Å². The molecule has 1 atom stereocenters. The molecule has 0 aliphatic carbocycles. The van der Waals surface area contributed by atoms with Crippen LogP contribution in [0.25, 0.3) is 0 Å². The minimum absolute atomic E-state index is 0.0638. The Labute approximate surface area is 79.5 Å². The van der Waals surface area contributed by atoms with Gasteiger partial charge in [0.05, 0.1) is 23.3 Å². The summed E-state index contributed by atoms with van der Waals surface area (Å²) in [4.78, 5) is 12.1. The summed E-state index contributed by atoms with van der Waals surface area (Å²) in [5.41, 5.74) is 12.2. The Bertz CT molecular complexity index is 372. The van der Waals surface area contributed by atoms with Crippen LogP contribution in [0.1, 0.15) is 33.8 Å². The van der Waals surface area contributed by atoms with Gasteiger partial charge in [0.25, 0.3) is 5.91 Å². The maximum Gasteiger partial charge on any atom is 0.252 e. The highest BCUT2D eigenvalue weighted by Gasteiger charge is 2.29. The highest BCUT2D eigenvalue weighted by Crippen LogP contribution is 2.41. The summed E-state index contributed by atoms with van der Waals surface area (Å²) >= 11 is 1.39. The second kappa shape index (κ2) is 2.71. The van der Waals surface area contributed by atoms with E-state index in [2.05, 4.69) is 0 Å². The number of ether oxygens (including phenoxy) is 1. The number of amides is 1. The van der Waals surface area contributed by atoms with E-state index in [9.17, 15) is 4.79 Å². The zero-order valence-corrected chi connectivity index (χ0v) is 7.98. The molecule has 0 saturated heterocycles. The van der Waals surface area contributed by atoms with Crippen molar-refractivity contribution >= 4 is 22.2 Å². The third kappa shape index (κ3) is 1.12. The molecule has 4 nitrogen and oxygen atoms in total. The number of nitrogens with two attached hydrogens (primary N) is 2. The third-order valence-electron chi connectivity index (χ3n) is 2.17. The van der Waals surface area contributed by atoms with Crippen LogP contribution in [0.2, 0.25) is 0 Å². The molecule has 5 heteroatoms. The Balaban J connectivity index is 2.61. The van der Waals surface area contributed by atoms with E-state index in [1.54, 1.807) is 0 Å². The minimum atomic E-state index is -0.465. The molecule has 1 aliphatic rings. The molecule has 0 saturated carbocycles. The maximum atomic E-state index is 11.1. The van der Waals surface area contributed by atoms with Gasteiger partial charge in [-0.25, -0.2) is 0 Å². The van der Waals surface area contributed by atoms with Crippen LogP contribution >= 0.6 is 11.3 Å². The highest BCUT2D eigenvalue weighted by atomic mass is 32.1. The number of nitrogen functional groups attached to an aromatic ring is 1. The van der Waals surface area contributed by atoms with Gasteiger partial charge in [-0.05, 0) is 6.92 Å². The summed E-state index contributed by atoms with van der Waals surface area (Å²) < 4.78 is 5.36. The number of primary amides is 1. The standard InChI is InChI=1S/C8H10N2O2S/c1-3-5-4(2-12-3)13-8(10)6(5)7(9)11/h3H,2,10H2,1H3,(H2,9,11). The number of anilines is 1. The first-order chi connectivity index (χ1) is 6.11. The van der Waals surface area contributed by atoms with Gasteiger partial charge in [0.2, 0.25) is 0 Å². The van der Waals surface area contributed by atoms with Crippen molar-refractivity contribution in [3.63, 3.8) is 0 Å². The van der Waals surface area contributed by atoms with Crippen molar-refractivity contribution in [2.75, 3.05) is 5.73 Å². The van der Waals surface area contributed by atoms with E-state index >= 15 is 0 Å². The number of hydrogen-bond acceptors (Lipinski definition) is 4. The smallest absolute Gasteiger partial charge is 0.252 e. The van der Waals surface area contributed by atoms with Crippen molar-refractivity contribution < 1.29 is 9.53 Å². The monoisotopic (exact) mass is 198 g/mol. The fourth-order valence-electron chi connectivity index (χ4n) is 1.59. The number of fused-ring (bicyclic) bond motifs is 1. The molecule has 1 aromatic heterocycles. The van der Waals surface area contributed by atoms with Crippen LogP contribution < -0.4 is 11.5 Å². The van der Waals surface area contributed by atoms with Crippen molar-refractivity contribution in [1.29, 1.82) is 0 Å². The first-order valence-electron chi connectivity index (χ1n) is 3.93. The molecule has 2 heterocycles. The number of carbonyl (C=O) groups excluding carboxylic acids is 1. The predicted molar refractivity (Wildman–Crippen MR) is 50.5 cm³/mol. The normalized spacial score (nSPS) is 20.2. The molecule has 0 spiro atoms. The number of hydrogen-bond donors (Lipinski definition) is 2. The van der Waals surface area contributed by atoms with Crippen molar-refractivity contribution in [3.8, 4) is 0 Å². The molecular formula is C8H10N2O2S. The number of thiophene rings is 1. The second-order valence-corrected chi connectivity index (χ2v) is 4.13. The van der Waals surface area contributed by atoms with Gasteiger partial charge < -0.3 is 16.2 Å². The molecular weight excluding hydrogens is 188 g/mol. The zero-order chi connectivity index (χ0) is 9.59. The molecule has 1 unspecified atom stereocenters. The summed E-state index contributed by atoms with van der Waals surface area (Å²) in [7, 11) is 0. The predicted octanol–water partition coefficient (Wildman–Crippen LogP) is 1.02. The van der Waals surface area contributed by atoms with Crippen molar-refractivity contribution in [3.05, 3.63) is 16.0 Å². The van der Waals surface area contributed by atoms with Crippen molar-refractivity contribution in [1.82, 2.24) is 0 Å². The highest BCUT2D eigenvalue weighted by molar-refractivity contribution is 7.16. The largest absolute Gasteiger partial charge is 0.390 e. The van der Waals surface area contributed by atoms with Crippen LogP contribution in [0.5, 0.6) is 0 Å². The zero-order valence-electron chi connectivity index (χ0n) is 7.16. The van der Waals surface area contributed by atoms with Gasteiger partial charge in [0, 0.05) is 10.4 Å². The molecule has 1 amide bonds. The molecule has 13 heavy (non-hydrogen) atoms. The van der Waals surface area contributed by atoms with Crippen LogP contribution in [0.4, 0.5) is 5.00 Å². The average Bonchev–Trinajstić information content (AvgIpc) is 2.51. The molecule has 1 aliphatic heterocycles. The van der Waals surface area contributed by atoms with Gasteiger partial charge in [0.15, 0.2) is 0 Å². The summed E-state index contributed by atoms with van der Waals surface area (Å²) in [5.74, 6) is -0.465. The van der Waals surface area contributed by atoms with Crippen molar-refractivity contribution in [2.45, 2.75) is 19.6 Å². The lowest BCUT2D eigenvalue weighted by atomic mass is 10.1. The Morgan fingerprint density at radius 1 is 1.69 bits per heavy atom. The van der Waals surface area contributed by atoms with E-state index in [-0.39, 0.29) is 6.10 Å². The van der Waals surface area contributed by atoms with Gasteiger partial charge in [-0.3, -0.25) is 4.79 Å². The molecule has 2 rings (SSSR count). The van der Waals surface area contributed by atoms with E-state index in [4.69, 9.17) is 16.2 Å². The molecule has 70 valence electrons. The summed E-state index contributed by atoms with van der Waals surface area (Å²) in [5, 5.41) is 0.507. The van der Waals surface area contributed by atoms with Crippen molar-refractivity contribution in [2.24, 2.45) is 5.73 Å². The number of rotatable bonds is 1. The quantitative estimate of drug-likeness (QED) is 0.707. The lowest BCUT2D eigenvalue weighted by Crippen LogP contribution is -2.14. The fraction of sp³-hybridized carbons (Fsp3) is 0.375. The summed E-state index contributed by atoms with van der Waals surface area (Å²) in [6.45, 7) is 2.43. The average molecular weight is 198 g/mol. The third-order valence-corrected chi connectivity index (χ3v) is 3.17. The first-order valence-corrected chi connectivity index (χ1v) is 4.75.